The zero-order valence-electron chi connectivity index (χ0n) is 11.0. The summed E-state index contributed by atoms with van der Waals surface area (Å²) in [7, 11) is 0. The van der Waals surface area contributed by atoms with Crippen LogP contribution in [0.15, 0.2) is 47.3 Å². The smallest absolute Gasteiger partial charge is 0.335 e. The first-order valence-electron chi connectivity index (χ1n) is 6.65. The van der Waals surface area contributed by atoms with Crippen molar-refractivity contribution < 1.29 is 9.90 Å². The van der Waals surface area contributed by atoms with Crippen molar-refractivity contribution in [3.63, 3.8) is 0 Å². The summed E-state index contributed by atoms with van der Waals surface area (Å²) in [6, 6.07) is 12.5. The first kappa shape index (κ1) is 11.9. The number of rotatable bonds is 1. The quantitative estimate of drug-likeness (QED) is 0.562. The summed E-state index contributed by atoms with van der Waals surface area (Å²) in [4.78, 5) is 26.2. The van der Waals surface area contributed by atoms with Crippen LogP contribution in [0.2, 0.25) is 0 Å². The van der Waals surface area contributed by atoms with Crippen molar-refractivity contribution in [2.45, 2.75) is 6.42 Å². The van der Waals surface area contributed by atoms with Crippen LogP contribution in [0.5, 0.6) is 0 Å². The number of aromatic carboxylic acids is 1. The molecule has 0 fully saturated rings. The van der Waals surface area contributed by atoms with Gasteiger partial charge in [0, 0.05) is 17.4 Å². The van der Waals surface area contributed by atoms with E-state index in [0.717, 1.165) is 27.8 Å². The van der Waals surface area contributed by atoms with E-state index in [-0.39, 0.29) is 11.1 Å². The van der Waals surface area contributed by atoms with Crippen LogP contribution in [0.25, 0.3) is 22.0 Å². The van der Waals surface area contributed by atoms with Gasteiger partial charge in [-0.2, -0.15) is 0 Å². The van der Waals surface area contributed by atoms with E-state index >= 15 is 0 Å². The van der Waals surface area contributed by atoms with Crippen molar-refractivity contribution in [3.05, 3.63) is 69.5 Å². The second kappa shape index (κ2) is 4.06. The topological polar surface area (TPSA) is 70.2 Å². The lowest BCUT2D eigenvalue weighted by molar-refractivity contribution is 0.0697. The molecule has 4 rings (SSSR count). The third kappa shape index (κ3) is 1.62. The van der Waals surface area contributed by atoms with Crippen LogP contribution in [0.4, 0.5) is 0 Å². The Kier molecular flexibility index (Phi) is 2.30. The summed E-state index contributed by atoms with van der Waals surface area (Å²) in [6.07, 6.45) is 0.642. The maximum Gasteiger partial charge on any atom is 0.335 e. The summed E-state index contributed by atoms with van der Waals surface area (Å²) in [5.41, 5.74) is 3.89. The van der Waals surface area contributed by atoms with E-state index in [1.165, 1.54) is 0 Å². The number of aromatic nitrogens is 1. The predicted molar refractivity (Wildman–Crippen MR) is 79.8 cm³/mol. The van der Waals surface area contributed by atoms with Crippen LogP contribution in [-0.2, 0) is 6.42 Å². The van der Waals surface area contributed by atoms with Crippen molar-refractivity contribution in [2.75, 3.05) is 0 Å². The standard InChI is InChI=1S/C17H11NO3/c19-16-13-4-2-1-3-12(13)14-8-10-7-9(17(20)21)5-6-11(10)15(14)18-16/h1-7H,8H2,(H,18,19)(H,20,21). The molecule has 1 aromatic heterocycles. The van der Waals surface area contributed by atoms with Crippen LogP contribution in [0, 0.1) is 0 Å². The Morgan fingerprint density at radius 1 is 1.10 bits per heavy atom. The molecule has 0 unspecified atom stereocenters. The Balaban J connectivity index is 2.03. The normalized spacial score (nSPS) is 12.2. The molecule has 3 aromatic rings. The van der Waals surface area contributed by atoms with Gasteiger partial charge < -0.3 is 10.1 Å². The third-order valence-corrected chi connectivity index (χ3v) is 4.03. The molecule has 4 nitrogen and oxygen atoms in total. The molecule has 0 saturated carbocycles. The average Bonchev–Trinajstić information content (AvgIpc) is 2.85. The number of carboxylic acid groups (broad SMARTS) is 1. The molecule has 0 amide bonds. The molecular formula is C17H11NO3. The van der Waals surface area contributed by atoms with Gasteiger partial charge in [0.25, 0.3) is 5.56 Å². The molecular weight excluding hydrogens is 266 g/mol. The first-order chi connectivity index (χ1) is 10.1. The van der Waals surface area contributed by atoms with Gasteiger partial charge in [0.15, 0.2) is 0 Å². The molecule has 0 bridgehead atoms. The fourth-order valence-corrected chi connectivity index (χ4v) is 3.06. The summed E-state index contributed by atoms with van der Waals surface area (Å²) in [6.45, 7) is 0. The molecule has 0 aliphatic heterocycles. The SMILES string of the molecule is O=C(O)c1ccc2c(c1)Cc1c-2[nH]c(=O)c2ccccc12. The number of fused-ring (bicyclic) bond motifs is 5. The molecule has 1 heterocycles. The fourth-order valence-electron chi connectivity index (χ4n) is 3.06. The number of carboxylic acids is 1. The molecule has 2 N–H and O–H groups in total. The second-order valence-corrected chi connectivity index (χ2v) is 5.21. The van der Waals surface area contributed by atoms with Gasteiger partial charge in [0.05, 0.1) is 11.3 Å². The zero-order chi connectivity index (χ0) is 14.6. The maximum atomic E-state index is 12.2. The molecule has 21 heavy (non-hydrogen) atoms. The van der Waals surface area contributed by atoms with Crippen molar-refractivity contribution >= 4 is 16.7 Å². The fraction of sp³-hybridized carbons (Fsp3) is 0.0588. The molecule has 0 spiro atoms. The molecule has 0 radical (unpaired) electrons. The molecule has 1 aliphatic carbocycles. The van der Waals surface area contributed by atoms with Crippen LogP contribution < -0.4 is 5.56 Å². The van der Waals surface area contributed by atoms with Gasteiger partial charge in [-0.1, -0.05) is 24.3 Å². The monoisotopic (exact) mass is 277 g/mol. The van der Waals surface area contributed by atoms with E-state index in [9.17, 15) is 9.59 Å². The number of nitrogens with one attached hydrogen (secondary N) is 1. The van der Waals surface area contributed by atoms with Crippen molar-refractivity contribution in [1.82, 2.24) is 4.98 Å². The van der Waals surface area contributed by atoms with E-state index in [0.29, 0.717) is 11.8 Å². The van der Waals surface area contributed by atoms with Gasteiger partial charge in [-0.25, -0.2) is 4.79 Å². The lowest BCUT2D eigenvalue weighted by atomic mass is 10.0. The number of benzene rings is 2. The van der Waals surface area contributed by atoms with Crippen LogP contribution in [-0.4, -0.2) is 16.1 Å². The van der Waals surface area contributed by atoms with Crippen LogP contribution in [0.1, 0.15) is 21.5 Å². The maximum absolute atomic E-state index is 12.2. The van der Waals surface area contributed by atoms with Gasteiger partial charge in [0.2, 0.25) is 0 Å². The minimum Gasteiger partial charge on any atom is -0.478 e. The van der Waals surface area contributed by atoms with Crippen LogP contribution in [0.3, 0.4) is 0 Å². The van der Waals surface area contributed by atoms with Gasteiger partial charge in [0.1, 0.15) is 0 Å². The highest BCUT2D eigenvalue weighted by Crippen LogP contribution is 2.38. The average molecular weight is 277 g/mol. The minimum absolute atomic E-state index is 0.112. The Bertz CT molecular complexity index is 969. The first-order valence-corrected chi connectivity index (χ1v) is 6.65. The predicted octanol–water partition coefficient (Wildman–Crippen LogP) is 2.80. The van der Waals surface area contributed by atoms with Gasteiger partial charge in [-0.05, 0) is 34.7 Å². The Hall–Kier alpha value is -2.88. The number of hydrogen-bond acceptors (Lipinski definition) is 2. The number of H-pyrrole nitrogens is 1. The molecule has 2 aromatic carbocycles. The summed E-state index contributed by atoms with van der Waals surface area (Å²) in [5.74, 6) is -0.938. The Morgan fingerprint density at radius 3 is 2.62 bits per heavy atom. The number of hydrogen-bond donors (Lipinski definition) is 2. The zero-order valence-corrected chi connectivity index (χ0v) is 11.0. The van der Waals surface area contributed by atoms with E-state index in [1.54, 1.807) is 24.3 Å². The van der Waals surface area contributed by atoms with Crippen molar-refractivity contribution in [2.24, 2.45) is 0 Å². The van der Waals surface area contributed by atoms with E-state index < -0.39 is 5.97 Å². The third-order valence-electron chi connectivity index (χ3n) is 4.03. The molecule has 0 atom stereocenters. The number of aromatic amines is 1. The van der Waals surface area contributed by atoms with E-state index in [1.807, 2.05) is 18.2 Å². The molecule has 4 heteroatoms. The largest absolute Gasteiger partial charge is 0.478 e. The lowest BCUT2D eigenvalue weighted by Crippen LogP contribution is -2.08. The molecule has 1 aliphatic rings. The summed E-state index contributed by atoms with van der Waals surface area (Å²) in [5, 5.41) is 10.7. The van der Waals surface area contributed by atoms with E-state index in [4.69, 9.17) is 5.11 Å². The van der Waals surface area contributed by atoms with E-state index in [2.05, 4.69) is 4.98 Å². The van der Waals surface area contributed by atoms with Gasteiger partial charge in [-0.15, -0.1) is 0 Å². The minimum atomic E-state index is -0.938. The molecule has 0 saturated heterocycles. The lowest BCUT2D eigenvalue weighted by Gasteiger charge is -2.05. The second-order valence-electron chi connectivity index (χ2n) is 5.21. The summed E-state index contributed by atoms with van der Waals surface area (Å²) >= 11 is 0. The number of carbonyl (C=O) groups is 1. The number of pyridine rings is 1. The van der Waals surface area contributed by atoms with Gasteiger partial charge >= 0.3 is 5.97 Å². The van der Waals surface area contributed by atoms with Crippen molar-refractivity contribution in [1.29, 1.82) is 0 Å². The molecule has 102 valence electrons. The summed E-state index contributed by atoms with van der Waals surface area (Å²) < 4.78 is 0. The highest BCUT2D eigenvalue weighted by molar-refractivity contribution is 5.94. The highest BCUT2D eigenvalue weighted by Gasteiger charge is 2.23. The highest BCUT2D eigenvalue weighted by atomic mass is 16.4. The van der Waals surface area contributed by atoms with Gasteiger partial charge in [-0.3, -0.25) is 4.79 Å². The van der Waals surface area contributed by atoms with Crippen LogP contribution >= 0.6 is 0 Å². The Morgan fingerprint density at radius 2 is 1.86 bits per heavy atom. The Labute approximate surface area is 119 Å². The van der Waals surface area contributed by atoms with Crippen molar-refractivity contribution in [3.8, 4) is 11.3 Å².